The SMILES string of the molecule is O=C(CNc1ccc([N+](=O)[O-])c(OC(F)F)c1)Nc1ccccn1. The molecular formula is C14H12F2N4O4. The highest BCUT2D eigenvalue weighted by Crippen LogP contribution is 2.31. The molecule has 2 rings (SSSR count). The van der Waals surface area contributed by atoms with Crippen LogP contribution in [0.25, 0.3) is 0 Å². The fourth-order valence-corrected chi connectivity index (χ4v) is 1.77. The van der Waals surface area contributed by atoms with E-state index in [1.165, 1.54) is 12.3 Å². The number of anilines is 2. The van der Waals surface area contributed by atoms with Crippen LogP contribution in [0.5, 0.6) is 5.75 Å². The smallest absolute Gasteiger partial charge is 0.387 e. The van der Waals surface area contributed by atoms with Crippen LogP contribution in [-0.2, 0) is 4.79 Å². The van der Waals surface area contributed by atoms with Gasteiger partial charge in [-0.1, -0.05) is 6.07 Å². The second-order valence-corrected chi connectivity index (χ2v) is 4.43. The van der Waals surface area contributed by atoms with Gasteiger partial charge in [0.05, 0.1) is 11.5 Å². The molecule has 0 radical (unpaired) electrons. The Balaban J connectivity index is 2.01. The van der Waals surface area contributed by atoms with E-state index in [1.807, 2.05) is 0 Å². The van der Waals surface area contributed by atoms with E-state index < -0.39 is 28.9 Å². The summed E-state index contributed by atoms with van der Waals surface area (Å²) >= 11 is 0. The van der Waals surface area contributed by atoms with Gasteiger partial charge in [-0.25, -0.2) is 4.98 Å². The molecule has 8 nitrogen and oxygen atoms in total. The van der Waals surface area contributed by atoms with Crippen LogP contribution in [0, 0.1) is 10.1 Å². The molecule has 1 aromatic carbocycles. The minimum Gasteiger partial charge on any atom is -0.427 e. The predicted molar refractivity (Wildman–Crippen MR) is 81.1 cm³/mol. The summed E-state index contributed by atoms with van der Waals surface area (Å²) in [4.78, 5) is 25.6. The maximum Gasteiger partial charge on any atom is 0.387 e. The van der Waals surface area contributed by atoms with Gasteiger partial charge < -0.3 is 15.4 Å². The van der Waals surface area contributed by atoms with E-state index in [-0.39, 0.29) is 12.2 Å². The molecule has 0 spiro atoms. The number of hydrogen-bond acceptors (Lipinski definition) is 6. The van der Waals surface area contributed by atoms with Crippen LogP contribution in [0.2, 0.25) is 0 Å². The molecule has 2 aromatic rings. The van der Waals surface area contributed by atoms with Crippen LogP contribution < -0.4 is 15.4 Å². The van der Waals surface area contributed by atoms with Crippen molar-refractivity contribution in [2.75, 3.05) is 17.2 Å². The lowest BCUT2D eigenvalue weighted by Gasteiger charge is -2.10. The molecule has 1 amide bonds. The number of nitro groups is 1. The van der Waals surface area contributed by atoms with Crippen LogP contribution in [-0.4, -0.2) is 29.0 Å². The number of pyridine rings is 1. The predicted octanol–water partition coefficient (Wildman–Crippen LogP) is 2.64. The fraction of sp³-hybridized carbons (Fsp3) is 0.143. The van der Waals surface area contributed by atoms with Gasteiger partial charge >= 0.3 is 12.3 Å². The number of nitrogens with zero attached hydrogens (tertiary/aromatic N) is 2. The van der Waals surface area contributed by atoms with E-state index in [2.05, 4.69) is 20.4 Å². The van der Waals surface area contributed by atoms with E-state index in [9.17, 15) is 23.7 Å². The number of nitrogens with one attached hydrogen (secondary N) is 2. The van der Waals surface area contributed by atoms with Gasteiger partial charge in [-0.15, -0.1) is 0 Å². The minimum atomic E-state index is -3.20. The third-order valence-electron chi connectivity index (χ3n) is 2.76. The second-order valence-electron chi connectivity index (χ2n) is 4.43. The van der Waals surface area contributed by atoms with Gasteiger partial charge in [0.2, 0.25) is 11.7 Å². The van der Waals surface area contributed by atoms with Gasteiger partial charge in [-0.05, 0) is 18.2 Å². The number of aromatic nitrogens is 1. The standard InChI is InChI=1S/C14H12F2N4O4/c15-14(16)24-11-7-9(4-5-10(11)20(22)23)18-8-13(21)19-12-3-1-2-6-17-12/h1-7,14,18H,8H2,(H,17,19,21). The highest BCUT2D eigenvalue weighted by atomic mass is 19.3. The lowest BCUT2D eigenvalue weighted by molar-refractivity contribution is -0.386. The summed E-state index contributed by atoms with van der Waals surface area (Å²) in [6, 6.07) is 8.30. The zero-order valence-electron chi connectivity index (χ0n) is 12.1. The molecule has 0 atom stereocenters. The van der Waals surface area contributed by atoms with Crippen LogP contribution >= 0.6 is 0 Å². The lowest BCUT2D eigenvalue weighted by atomic mass is 10.2. The molecule has 126 valence electrons. The molecule has 0 saturated heterocycles. The topological polar surface area (TPSA) is 106 Å². The summed E-state index contributed by atoms with van der Waals surface area (Å²) < 4.78 is 28.8. The van der Waals surface area contributed by atoms with Gasteiger partial charge in [-0.2, -0.15) is 8.78 Å². The van der Waals surface area contributed by atoms with Crippen molar-refractivity contribution >= 4 is 23.1 Å². The maximum absolute atomic E-state index is 12.3. The third-order valence-corrected chi connectivity index (χ3v) is 2.76. The molecule has 2 N–H and O–H groups in total. The first-order chi connectivity index (χ1) is 11.5. The van der Waals surface area contributed by atoms with Crippen molar-refractivity contribution in [2.45, 2.75) is 6.61 Å². The molecule has 0 saturated carbocycles. The quantitative estimate of drug-likeness (QED) is 0.594. The van der Waals surface area contributed by atoms with Crippen molar-refractivity contribution in [3.05, 3.63) is 52.7 Å². The Morgan fingerprint density at radius 3 is 2.75 bits per heavy atom. The molecule has 0 aliphatic heterocycles. The Hall–Kier alpha value is -3.30. The molecular weight excluding hydrogens is 326 g/mol. The summed E-state index contributed by atoms with van der Waals surface area (Å²) in [6.45, 7) is -3.39. The van der Waals surface area contributed by atoms with Gasteiger partial charge in [-0.3, -0.25) is 14.9 Å². The molecule has 1 heterocycles. The molecule has 24 heavy (non-hydrogen) atoms. The Labute approximate surface area is 134 Å². The lowest BCUT2D eigenvalue weighted by Crippen LogP contribution is -2.22. The number of amides is 1. The minimum absolute atomic E-state index is 0.192. The van der Waals surface area contributed by atoms with Crippen molar-refractivity contribution < 1.29 is 23.2 Å². The number of carbonyl (C=O) groups excluding carboxylic acids is 1. The van der Waals surface area contributed by atoms with E-state index in [4.69, 9.17) is 0 Å². The molecule has 1 aromatic heterocycles. The molecule has 0 aliphatic carbocycles. The van der Waals surface area contributed by atoms with Gasteiger partial charge in [0.25, 0.3) is 0 Å². The molecule has 0 aliphatic rings. The van der Waals surface area contributed by atoms with Crippen molar-refractivity contribution in [3.63, 3.8) is 0 Å². The summed E-state index contributed by atoms with van der Waals surface area (Å²) in [5.41, 5.74) is -0.383. The summed E-state index contributed by atoms with van der Waals surface area (Å²) in [5.74, 6) is -0.664. The van der Waals surface area contributed by atoms with Crippen molar-refractivity contribution in [1.82, 2.24) is 4.98 Å². The summed E-state index contributed by atoms with van der Waals surface area (Å²) in [7, 11) is 0. The van der Waals surface area contributed by atoms with E-state index in [0.29, 0.717) is 5.82 Å². The molecule has 0 unspecified atom stereocenters. The fourth-order valence-electron chi connectivity index (χ4n) is 1.77. The Bertz CT molecular complexity index is 728. The number of benzene rings is 1. The zero-order chi connectivity index (χ0) is 17.5. The number of alkyl halides is 2. The first-order valence-corrected chi connectivity index (χ1v) is 6.63. The molecule has 10 heteroatoms. The van der Waals surface area contributed by atoms with Crippen LogP contribution in [0.3, 0.4) is 0 Å². The first-order valence-electron chi connectivity index (χ1n) is 6.63. The number of hydrogen-bond donors (Lipinski definition) is 2. The highest BCUT2D eigenvalue weighted by Gasteiger charge is 2.19. The summed E-state index contributed by atoms with van der Waals surface area (Å²) in [5, 5.41) is 15.9. The van der Waals surface area contributed by atoms with Gasteiger partial charge in [0.1, 0.15) is 5.82 Å². The van der Waals surface area contributed by atoms with E-state index in [0.717, 1.165) is 12.1 Å². The number of ether oxygens (including phenoxy) is 1. The largest absolute Gasteiger partial charge is 0.427 e. The molecule has 0 bridgehead atoms. The second kappa shape index (κ2) is 7.81. The van der Waals surface area contributed by atoms with Crippen LogP contribution in [0.15, 0.2) is 42.6 Å². The monoisotopic (exact) mass is 338 g/mol. The average molecular weight is 338 g/mol. The maximum atomic E-state index is 12.3. The van der Waals surface area contributed by atoms with Crippen molar-refractivity contribution in [1.29, 1.82) is 0 Å². The normalized spacial score (nSPS) is 10.3. The Morgan fingerprint density at radius 1 is 1.33 bits per heavy atom. The van der Waals surface area contributed by atoms with Gasteiger partial charge in [0, 0.05) is 24.0 Å². The number of nitro benzene ring substituents is 1. The number of carbonyl (C=O) groups is 1. The van der Waals surface area contributed by atoms with Gasteiger partial charge in [0.15, 0.2) is 0 Å². The van der Waals surface area contributed by atoms with Crippen molar-refractivity contribution in [3.8, 4) is 5.75 Å². The van der Waals surface area contributed by atoms with E-state index in [1.54, 1.807) is 18.2 Å². The average Bonchev–Trinajstić information content (AvgIpc) is 2.53. The van der Waals surface area contributed by atoms with E-state index >= 15 is 0 Å². The first kappa shape index (κ1) is 17.1. The Morgan fingerprint density at radius 2 is 2.12 bits per heavy atom. The number of halogens is 2. The Kier molecular flexibility index (Phi) is 5.55. The number of rotatable bonds is 7. The third kappa shape index (κ3) is 4.87. The van der Waals surface area contributed by atoms with Crippen LogP contribution in [0.1, 0.15) is 0 Å². The summed E-state index contributed by atoms with van der Waals surface area (Å²) in [6.07, 6.45) is 1.51. The van der Waals surface area contributed by atoms with Crippen LogP contribution in [0.4, 0.5) is 26.0 Å². The highest BCUT2D eigenvalue weighted by molar-refractivity contribution is 5.92. The zero-order valence-corrected chi connectivity index (χ0v) is 12.1. The molecule has 0 fully saturated rings. The van der Waals surface area contributed by atoms with Crippen molar-refractivity contribution in [2.24, 2.45) is 0 Å².